The quantitative estimate of drug-likeness (QED) is 0.545. The first-order valence-corrected chi connectivity index (χ1v) is 6.28. The summed E-state index contributed by atoms with van der Waals surface area (Å²) in [6, 6.07) is -0.880. The fraction of sp³-hybridized carbons (Fsp3) is 0.800. The van der Waals surface area contributed by atoms with Gasteiger partial charge in [-0.15, -0.1) is 0 Å². The molecular weight excluding hydrogens is 265 g/mol. The Hall–Kier alpha value is -0.680. The van der Waals surface area contributed by atoms with Gasteiger partial charge < -0.3 is 0 Å². The van der Waals surface area contributed by atoms with Gasteiger partial charge in [0.1, 0.15) is 0 Å². The highest BCUT2D eigenvalue weighted by atomic mass is 35.5. The first-order valence-electron chi connectivity index (χ1n) is 5.52. The van der Waals surface area contributed by atoms with Crippen molar-refractivity contribution in [3.05, 3.63) is 10.1 Å². The molecule has 0 aromatic rings. The normalized spacial score (nSPS) is 41.3. The molecule has 5 nitrogen and oxygen atoms in total. The van der Waals surface area contributed by atoms with Gasteiger partial charge in [0.05, 0.1) is 12.1 Å². The smallest absolute Gasteiger partial charge is 0.218 e. The Kier molecular flexibility index (Phi) is 3.41. The van der Waals surface area contributed by atoms with Gasteiger partial charge in [-0.1, -0.05) is 37.0 Å². The molecule has 0 aromatic heterocycles. The van der Waals surface area contributed by atoms with E-state index in [-0.39, 0.29) is 39.2 Å². The lowest BCUT2D eigenvalue weighted by Gasteiger charge is -2.39. The standard InChI is InChI=1S/C10H13Cl2N3O2/c1-4-5(2)8-6(3-7(4)15(16)17)13-9(11)10(12)14-8/h4-8H,3H2,1-2H3. The highest BCUT2D eigenvalue weighted by molar-refractivity contribution is 7.00. The number of nitro groups is 1. The van der Waals surface area contributed by atoms with E-state index in [1.807, 2.05) is 13.8 Å². The Labute approximate surface area is 109 Å². The maximum absolute atomic E-state index is 11.0. The van der Waals surface area contributed by atoms with Crippen molar-refractivity contribution >= 4 is 33.5 Å². The predicted octanol–water partition coefficient (Wildman–Crippen LogP) is 2.33. The van der Waals surface area contributed by atoms with E-state index in [0.717, 1.165) is 0 Å². The van der Waals surface area contributed by atoms with Crippen LogP contribution in [-0.2, 0) is 0 Å². The Balaban J connectivity index is 2.29. The van der Waals surface area contributed by atoms with Gasteiger partial charge in [-0.25, -0.2) is 0 Å². The Bertz CT molecular complexity index is 410. The van der Waals surface area contributed by atoms with Gasteiger partial charge in [0.2, 0.25) is 6.04 Å². The second kappa shape index (κ2) is 4.53. The van der Waals surface area contributed by atoms with Crippen molar-refractivity contribution in [2.45, 2.75) is 38.4 Å². The van der Waals surface area contributed by atoms with E-state index in [1.165, 1.54) is 0 Å². The zero-order chi connectivity index (χ0) is 12.7. The summed E-state index contributed by atoms with van der Waals surface area (Å²) in [5.74, 6) is 0.0398. The van der Waals surface area contributed by atoms with Crippen molar-refractivity contribution in [2.75, 3.05) is 0 Å². The van der Waals surface area contributed by atoms with Crippen LogP contribution < -0.4 is 0 Å². The SMILES string of the molecule is CC1C(C)C([N+](=O)[O-])CC2N=C(Cl)C(Cl)=NC21. The number of hydrogen-bond donors (Lipinski definition) is 0. The maximum atomic E-state index is 11.0. The van der Waals surface area contributed by atoms with Crippen LogP contribution in [0.15, 0.2) is 9.98 Å². The second-order valence-electron chi connectivity index (χ2n) is 4.70. The zero-order valence-electron chi connectivity index (χ0n) is 9.51. The topological polar surface area (TPSA) is 67.9 Å². The van der Waals surface area contributed by atoms with Gasteiger partial charge in [0.15, 0.2) is 10.3 Å². The van der Waals surface area contributed by atoms with E-state index < -0.39 is 6.04 Å². The van der Waals surface area contributed by atoms with Gasteiger partial charge >= 0.3 is 0 Å². The molecule has 2 aliphatic rings. The van der Waals surface area contributed by atoms with E-state index in [4.69, 9.17) is 23.2 Å². The molecule has 0 spiro atoms. The predicted molar refractivity (Wildman–Crippen MR) is 67.9 cm³/mol. The lowest BCUT2D eigenvalue weighted by atomic mass is 9.72. The Morgan fingerprint density at radius 1 is 1.24 bits per heavy atom. The third-order valence-corrected chi connectivity index (χ3v) is 4.48. The largest absolute Gasteiger partial charge is 0.265 e. The highest BCUT2D eigenvalue weighted by Gasteiger charge is 2.47. The molecule has 2 rings (SSSR count). The monoisotopic (exact) mass is 277 g/mol. The molecule has 0 N–H and O–H groups in total. The van der Waals surface area contributed by atoms with Crippen LogP contribution in [-0.4, -0.2) is 33.4 Å². The average molecular weight is 278 g/mol. The van der Waals surface area contributed by atoms with Crippen molar-refractivity contribution in [1.82, 2.24) is 0 Å². The molecule has 1 aliphatic heterocycles. The van der Waals surface area contributed by atoms with Crippen LogP contribution in [0.3, 0.4) is 0 Å². The van der Waals surface area contributed by atoms with E-state index in [9.17, 15) is 10.1 Å². The van der Waals surface area contributed by atoms with Crippen LogP contribution in [0, 0.1) is 22.0 Å². The molecule has 94 valence electrons. The minimum atomic E-state index is -0.577. The van der Waals surface area contributed by atoms with Gasteiger partial charge in [-0.2, -0.15) is 0 Å². The first-order chi connectivity index (χ1) is 7.91. The number of nitrogens with zero attached hydrogens (tertiary/aromatic N) is 3. The average Bonchev–Trinajstić information content (AvgIpc) is 2.26. The lowest BCUT2D eigenvalue weighted by molar-refractivity contribution is -0.537. The van der Waals surface area contributed by atoms with Crippen LogP contribution in [0.2, 0.25) is 0 Å². The minimum Gasteiger partial charge on any atom is -0.265 e. The molecule has 1 saturated carbocycles. The molecule has 0 aromatic carbocycles. The maximum Gasteiger partial charge on any atom is 0.218 e. The number of hydrogen-bond acceptors (Lipinski definition) is 4. The van der Waals surface area contributed by atoms with E-state index in [1.54, 1.807) is 0 Å². The number of halogens is 2. The fourth-order valence-corrected chi connectivity index (χ4v) is 2.94. The van der Waals surface area contributed by atoms with Crippen LogP contribution in [0.1, 0.15) is 20.3 Å². The van der Waals surface area contributed by atoms with Gasteiger partial charge in [0.25, 0.3) is 0 Å². The molecule has 0 saturated heterocycles. The summed E-state index contributed by atoms with van der Waals surface area (Å²) in [7, 11) is 0. The van der Waals surface area contributed by atoms with Crippen molar-refractivity contribution in [3.63, 3.8) is 0 Å². The molecule has 0 amide bonds. The molecule has 7 heteroatoms. The number of rotatable bonds is 1. The summed E-state index contributed by atoms with van der Waals surface area (Å²) in [6.07, 6.45) is 0.382. The molecule has 0 radical (unpaired) electrons. The van der Waals surface area contributed by atoms with Crippen LogP contribution in [0.25, 0.3) is 0 Å². The highest BCUT2D eigenvalue weighted by Crippen LogP contribution is 2.37. The number of aliphatic imine (C=N–C) groups is 2. The molecule has 17 heavy (non-hydrogen) atoms. The summed E-state index contributed by atoms with van der Waals surface area (Å²) in [5.41, 5.74) is 0. The van der Waals surface area contributed by atoms with E-state index >= 15 is 0 Å². The fourth-order valence-electron chi connectivity index (χ4n) is 2.61. The van der Waals surface area contributed by atoms with Crippen LogP contribution >= 0.6 is 23.2 Å². The van der Waals surface area contributed by atoms with Gasteiger partial charge in [0, 0.05) is 17.3 Å². The van der Waals surface area contributed by atoms with Crippen molar-refractivity contribution in [2.24, 2.45) is 21.8 Å². The molecule has 1 heterocycles. The zero-order valence-corrected chi connectivity index (χ0v) is 11.0. The third-order valence-electron chi connectivity index (χ3n) is 3.83. The summed E-state index contributed by atoms with van der Waals surface area (Å²) in [4.78, 5) is 19.3. The number of fused-ring (bicyclic) bond motifs is 1. The molecular formula is C10H13Cl2N3O2. The van der Waals surface area contributed by atoms with E-state index in [0.29, 0.717) is 6.42 Å². The Morgan fingerprint density at radius 3 is 2.41 bits per heavy atom. The van der Waals surface area contributed by atoms with Crippen molar-refractivity contribution in [1.29, 1.82) is 0 Å². The Morgan fingerprint density at radius 2 is 1.82 bits per heavy atom. The lowest BCUT2D eigenvalue weighted by Crippen LogP contribution is -2.50. The summed E-state index contributed by atoms with van der Waals surface area (Å²) in [6.45, 7) is 3.85. The van der Waals surface area contributed by atoms with E-state index in [2.05, 4.69) is 9.98 Å². The molecule has 5 atom stereocenters. The molecule has 5 unspecified atom stereocenters. The summed E-state index contributed by atoms with van der Waals surface area (Å²) >= 11 is 11.7. The first kappa shape index (κ1) is 12.8. The second-order valence-corrected chi connectivity index (χ2v) is 5.42. The van der Waals surface area contributed by atoms with Gasteiger partial charge in [-0.05, 0) is 5.92 Å². The van der Waals surface area contributed by atoms with Crippen molar-refractivity contribution in [3.8, 4) is 0 Å². The van der Waals surface area contributed by atoms with Crippen LogP contribution in [0.5, 0.6) is 0 Å². The molecule has 0 bridgehead atoms. The van der Waals surface area contributed by atoms with Crippen LogP contribution in [0.4, 0.5) is 0 Å². The molecule has 1 fully saturated rings. The summed E-state index contributed by atoms with van der Waals surface area (Å²) < 4.78 is 0. The third kappa shape index (κ3) is 2.18. The van der Waals surface area contributed by atoms with Crippen molar-refractivity contribution < 1.29 is 4.92 Å². The minimum absolute atomic E-state index is 0.0356. The summed E-state index contributed by atoms with van der Waals surface area (Å²) in [5, 5.41) is 11.4. The van der Waals surface area contributed by atoms with Gasteiger partial charge in [-0.3, -0.25) is 20.1 Å². The molecule has 1 aliphatic carbocycles.